The van der Waals surface area contributed by atoms with E-state index in [-0.39, 0.29) is 11.6 Å². The molecule has 0 aliphatic rings. The lowest BCUT2D eigenvalue weighted by Crippen LogP contribution is -2.26. The smallest absolute Gasteiger partial charge is 0.339 e. The molecule has 1 atom stereocenters. The van der Waals surface area contributed by atoms with Crippen molar-refractivity contribution in [2.75, 3.05) is 5.32 Å². The van der Waals surface area contributed by atoms with Gasteiger partial charge in [0.05, 0.1) is 11.3 Å². The SMILES string of the molecule is CCC(CC)C(C)Nc1ncc(C(=O)O)c(C)n1. The molecule has 0 bridgehead atoms. The zero-order chi connectivity index (χ0) is 13.7. The summed E-state index contributed by atoms with van der Waals surface area (Å²) in [7, 11) is 0. The standard InChI is InChI=1S/C13H21N3O2/c1-5-10(6-2)8(3)15-13-14-7-11(12(17)18)9(4)16-13/h7-8,10H,5-6H2,1-4H3,(H,17,18)(H,14,15,16). The fraction of sp³-hybridized carbons (Fsp3) is 0.615. The molecule has 1 aromatic heterocycles. The van der Waals surface area contributed by atoms with Gasteiger partial charge in [0, 0.05) is 12.2 Å². The van der Waals surface area contributed by atoms with E-state index < -0.39 is 5.97 Å². The molecule has 0 aromatic carbocycles. The van der Waals surface area contributed by atoms with Crippen molar-refractivity contribution in [1.82, 2.24) is 9.97 Å². The van der Waals surface area contributed by atoms with E-state index in [1.165, 1.54) is 6.20 Å². The van der Waals surface area contributed by atoms with E-state index in [0.29, 0.717) is 17.6 Å². The van der Waals surface area contributed by atoms with Gasteiger partial charge in [0.1, 0.15) is 0 Å². The van der Waals surface area contributed by atoms with Crippen LogP contribution in [0.5, 0.6) is 0 Å². The van der Waals surface area contributed by atoms with E-state index in [4.69, 9.17) is 5.11 Å². The first-order valence-corrected chi connectivity index (χ1v) is 6.33. The zero-order valence-electron chi connectivity index (χ0n) is 11.4. The molecular weight excluding hydrogens is 230 g/mol. The van der Waals surface area contributed by atoms with Crippen molar-refractivity contribution < 1.29 is 9.90 Å². The van der Waals surface area contributed by atoms with Crippen LogP contribution < -0.4 is 5.32 Å². The van der Waals surface area contributed by atoms with Crippen LogP contribution in [0.2, 0.25) is 0 Å². The number of carboxylic acids is 1. The minimum atomic E-state index is -0.993. The average molecular weight is 251 g/mol. The fourth-order valence-corrected chi connectivity index (χ4v) is 2.06. The Balaban J connectivity index is 2.80. The van der Waals surface area contributed by atoms with Gasteiger partial charge in [-0.15, -0.1) is 0 Å². The number of nitrogens with one attached hydrogen (secondary N) is 1. The monoisotopic (exact) mass is 251 g/mol. The van der Waals surface area contributed by atoms with Gasteiger partial charge in [-0.3, -0.25) is 0 Å². The molecular formula is C13H21N3O2. The second kappa shape index (κ2) is 6.33. The fourth-order valence-electron chi connectivity index (χ4n) is 2.06. The maximum Gasteiger partial charge on any atom is 0.339 e. The highest BCUT2D eigenvalue weighted by Gasteiger charge is 2.15. The first-order chi connectivity index (χ1) is 8.49. The Morgan fingerprint density at radius 3 is 2.50 bits per heavy atom. The second-order valence-corrected chi connectivity index (χ2v) is 4.51. The van der Waals surface area contributed by atoms with Gasteiger partial charge >= 0.3 is 5.97 Å². The zero-order valence-corrected chi connectivity index (χ0v) is 11.4. The molecule has 0 amide bonds. The molecule has 100 valence electrons. The van der Waals surface area contributed by atoms with E-state index >= 15 is 0 Å². The molecule has 1 heterocycles. The van der Waals surface area contributed by atoms with Gasteiger partial charge in [-0.25, -0.2) is 14.8 Å². The quantitative estimate of drug-likeness (QED) is 0.813. The van der Waals surface area contributed by atoms with E-state index in [2.05, 4.69) is 36.1 Å². The van der Waals surface area contributed by atoms with Crippen LogP contribution in [-0.4, -0.2) is 27.1 Å². The van der Waals surface area contributed by atoms with Crippen molar-refractivity contribution in [1.29, 1.82) is 0 Å². The third-order valence-corrected chi connectivity index (χ3v) is 3.32. The molecule has 0 saturated carbocycles. The van der Waals surface area contributed by atoms with Crippen molar-refractivity contribution in [2.24, 2.45) is 5.92 Å². The Morgan fingerprint density at radius 2 is 2.06 bits per heavy atom. The molecule has 0 saturated heterocycles. The Morgan fingerprint density at radius 1 is 1.44 bits per heavy atom. The number of aromatic carboxylic acids is 1. The summed E-state index contributed by atoms with van der Waals surface area (Å²) in [5.74, 6) is 0.0667. The molecule has 18 heavy (non-hydrogen) atoms. The lowest BCUT2D eigenvalue weighted by atomic mass is 9.96. The molecule has 1 rings (SSSR count). The number of rotatable bonds is 6. The van der Waals surface area contributed by atoms with Crippen LogP contribution in [0, 0.1) is 12.8 Å². The van der Waals surface area contributed by atoms with Crippen LogP contribution in [0.1, 0.15) is 49.7 Å². The lowest BCUT2D eigenvalue weighted by Gasteiger charge is -2.22. The lowest BCUT2D eigenvalue weighted by molar-refractivity contribution is 0.0695. The molecule has 1 aromatic rings. The number of hydrogen-bond acceptors (Lipinski definition) is 4. The Kier molecular flexibility index (Phi) is 5.07. The third kappa shape index (κ3) is 3.42. The summed E-state index contributed by atoms with van der Waals surface area (Å²) in [6.07, 6.45) is 3.54. The summed E-state index contributed by atoms with van der Waals surface area (Å²) in [6.45, 7) is 8.09. The third-order valence-electron chi connectivity index (χ3n) is 3.32. The van der Waals surface area contributed by atoms with Gasteiger partial charge in [-0.2, -0.15) is 0 Å². The summed E-state index contributed by atoms with van der Waals surface area (Å²) in [5, 5.41) is 12.1. The molecule has 0 aliphatic heterocycles. The Bertz CT molecular complexity index is 417. The van der Waals surface area contributed by atoms with Gasteiger partial charge in [-0.1, -0.05) is 26.7 Å². The Labute approximate surface area is 108 Å². The highest BCUT2D eigenvalue weighted by atomic mass is 16.4. The van der Waals surface area contributed by atoms with Gasteiger partial charge in [0.15, 0.2) is 0 Å². The van der Waals surface area contributed by atoms with Crippen molar-refractivity contribution in [3.8, 4) is 0 Å². The Hall–Kier alpha value is -1.65. The summed E-state index contributed by atoms with van der Waals surface area (Å²) in [4.78, 5) is 19.1. The predicted molar refractivity (Wildman–Crippen MR) is 70.9 cm³/mol. The minimum Gasteiger partial charge on any atom is -0.478 e. The van der Waals surface area contributed by atoms with Crippen LogP contribution in [0.15, 0.2) is 6.20 Å². The van der Waals surface area contributed by atoms with Crippen LogP contribution in [0.3, 0.4) is 0 Å². The van der Waals surface area contributed by atoms with Gasteiger partial charge in [-0.05, 0) is 19.8 Å². The minimum absolute atomic E-state index is 0.149. The van der Waals surface area contributed by atoms with Gasteiger partial charge < -0.3 is 10.4 Å². The molecule has 2 N–H and O–H groups in total. The molecule has 5 nitrogen and oxygen atoms in total. The highest BCUT2D eigenvalue weighted by molar-refractivity contribution is 5.88. The predicted octanol–water partition coefficient (Wildman–Crippen LogP) is 2.72. The van der Waals surface area contributed by atoms with E-state index in [1.54, 1.807) is 6.92 Å². The molecule has 1 unspecified atom stereocenters. The number of nitrogens with zero attached hydrogens (tertiary/aromatic N) is 2. The first-order valence-electron chi connectivity index (χ1n) is 6.33. The van der Waals surface area contributed by atoms with Crippen molar-refractivity contribution in [3.05, 3.63) is 17.5 Å². The maximum absolute atomic E-state index is 10.9. The van der Waals surface area contributed by atoms with E-state index in [1.807, 2.05) is 0 Å². The maximum atomic E-state index is 10.9. The molecule has 0 radical (unpaired) electrons. The number of aryl methyl sites for hydroxylation is 1. The largest absolute Gasteiger partial charge is 0.478 e. The number of anilines is 1. The summed E-state index contributed by atoms with van der Waals surface area (Å²) >= 11 is 0. The van der Waals surface area contributed by atoms with Crippen LogP contribution in [0.4, 0.5) is 5.95 Å². The topological polar surface area (TPSA) is 75.1 Å². The number of carbonyl (C=O) groups is 1. The molecule has 0 spiro atoms. The summed E-state index contributed by atoms with van der Waals surface area (Å²) in [6, 6.07) is 0.273. The van der Waals surface area contributed by atoms with Crippen molar-refractivity contribution in [3.63, 3.8) is 0 Å². The highest BCUT2D eigenvalue weighted by Crippen LogP contribution is 2.16. The van der Waals surface area contributed by atoms with Gasteiger partial charge in [0.25, 0.3) is 0 Å². The second-order valence-electron chi connectivity index (χ2n) is 4.51. The van der Waals surface area contributed by atoms with Crippen LogP contribution in [-0.2, 0) is 0 Å². The average Bonchev–Trinajstić information content (AvgIpc) is 2.30. The summed E-state index contributed by atoms with van der Waals surface area (Å²) < 4.78 is 0. The van der Waals surface area contributed by atoms with Crippen molar-refractivity contribution in [2.45, 2.75) is 46.6 Å². The van der Waals surface area contributed by atoms with E-state index in [9.17, 15) is 4.79 Å². The normalized spacial score (nSPS) is 12.5. The number of carboxylic acid groups (broad SMARTS) is 1. The molecule has 0 aliphatic carbocycles. The van der Waals surface area contributed by atoms with Crippen LogP contribution in [0.25, 0.3) is 0 Å². The molecule has 0 fully saturated rings. The van der Waals surface area contributed by atoms with Crippen molar-refractivity contribution >= 4 is 11.9 Å². The van der Waals surface area contributed by atoms with Crippen LogP contribution >= 0.6 is 0 Å². The first kappa shape index (κ1) is 14.4. The van der Waals surface area contributed by atoms with Gasteiger partial charge in [0.2, 0.25) is 5.95 Å². The number of aromatic nitrogens is 2. The molecule has 5 heteroatoms. The number of hydrogen-bond donors (Lipinski definition) is 2. The van der Waals surface area contributed by atoms with E-state index in [0.717, 1.165) is 12.8 Å². The summed E-state index contributed by atoms with van der Waals surface area (Å²) in [5.41, 5.74) is 0.632.